The first kappa shape index (κ1) is 23.6. The SMILES string of the molecule is CCOc1ccccc1N(CC(=O)Nc1cc(Cl)ccc1C)S(=O)(=O)c1ccc(C)cc1. The maximum absolute atomic E-state index is 13.6. The number of benzene rings is 3. The van der Waals surface area contributed by atoms with Crippen molar-refractivity contribution in [1.82, 2.24) is 0 Å². The molecule has 3 aromatic rings. The molecule has 8 heteroatoms. The molecule has 0 aliphatic rings. The second-order valence-electron chi connectivity index (χ2n) is 7.23. The van der Waals surface area contributed by atoms with E-state index in [9.17, 15) is 13.2 Å². The van der Waals surface area contributed by atoms with Gasteiger partial charge in [-0.1, -0.05) is 47.5 Å². The molecule has 6 nitrogen and oxygen atoms in total. The Balaban J connectivity index is 2.02. The number of nitrogens with one attached hydrogen (secondary N) is 1. The zero-order valence-corrected chi connectivity index (χ0v) is 19.7. The molecule has 0 spiro atoms. The van der Waals surface area contributed by atoms with Gasteiger partial charge >= 0.3 is 0 Å². The van der Waals surface area contributed by atoms with Crippen LogP contribution in [0.2, 0.25) is 5.02 Å². The number of amides is 1. The van der Waals surface area contributed by atoms with Crippen molar-refractivity contribution in [3.8, 4) is 5.75 Å². The van der Waals surface area contributed by atoms with E-state index in [2.05, 4.69) is 5.32 Å². The van der Waals surface area contributed by atoms with Crippen LogP contribution in [0, 0.1) is 13.8 Å². The van der Waals surface area contributed by atoms with Crippen molar-refractivity contribution in [1.29, 1.82) is 0 Å². The van der Waals surface area contributed by atoms with Crippen LogP contribution in [-0.4, -0.2) is 27.5 Å². The summed E-state index contributed by atoms with van der Waals surface area (Å²) >= 11 is 6.05. The highest BCUT2D eigenvalue weighted by Crippen LogP contribution is 2.32. The number of para-hydroxylation sites is 2. The predicted octanol–water partition coefficient (Wildman–Crippen LogP) is 5.19. The number of hydrogen-bond donors (Lipinski definition) is 1. The maximum Gasteiger partial charge on any atom is 0.264 e. The number of anilines is 2. The van der Waals surface area contributed by atoms with Gasteiger partial charge in [0.25, 0.3) is 10.0 Å². The fourth-order valence-electron chi connectivity index (χ4n) is 3.13. The van der Waals surface area contributed by atoms with Crippen LogP contribution in [0.4, 0.5) is 11.4 Å². The third kappa shape index (κ3) is 5.41. The first-order valence-electron chi connectivity index (χ1n) is 10.1. The zero-order valence-electron chi connectivity index (χ0n) is 18.1. The molecule has 0 unspecified atom stereocenters. The van der Waals surface area contributed by atoms with Crippen molar-refractivity contribution in [3.63, 3.8) is 0 Å². The fourth-order valence-corrected chi connectivity index (χ4v) is 4.73. The third-order valence-corrected chi connectivity index (χ3v) is 6.81. The number of ether oxygens (including phenoxy) is 1. The number of sulfonamides is 1. The molecule has 0 radical (unpaired) electrons. The Morgan fingerprint density at radius 3 is 2.41 bits per heavy atom. The van der Waals surface area contributed by atoms with Gasteiger partial charge in [-0.3, -0.25) is 9.10 Å². The van der Waals surface area contributed by atoms with Crippen molar-refractivity contribution < 1.29 is 17.9 Å². The van der Waals surface area contributed by atoms with Gasteiger partial charge in [-0.2, -0.15) is 0 Å². The van der Waals surface area contributed by atoms with Crippen molar-refractivity contribution in [2.24, 2.45) is 0 Å². The van der Waals surface area contributed by atoms with Gasteiger partial charge in [-0.05, 0) is 62.7 Å². The van der Waals surface area contributed by atoms with E-state index >= 15 is 0 Å². The summed E-state index contributed by atoms with van der Waals surface area (Å²) < 4.78 is 33.9. The molecule has 168 valence electrons. The Morgan fingerprint density at radius 1 is 1.03 bits per heavy atom. The molecule has 0 saturated carbocycles. The molecular weight excluding hydrogens is 448 g/mol. The largest absolute Gasteiger partial charge is 0.492 e. The van der Waals surface area contributed by atoms with E-state index in [0.717, 1.165) is 15.4 Å². The predicted molar refractivity (Wildman–Crippen MR) is 128 cm³/mol. The Hall–Kier alpha value is -3.03. The number of rotatable bonds is 8. The number of halogens is 1. The van der Waals surface area contributed by atoms with E-state index in [1.807, 2.05) is 20.8 Å². The molecule has 3 aromatic carbocycles. The van der Waals surface area contributed by atoms with Crippen LogP contribution in [0.3, 0.4) is 0 Å². The average Bonchev–Trinajstić information content (AvgIpc) is 2.76. The molecule has 0 atom stereocenters. The Bertz CT molecular complexity index is 1210. The molecule has 3 rings (SSSR count). The minimum Gasteiger partial charge on any atom is -0.492 e. The topological polar surface area (TPSA) is 75.7 Å². The second kappa shape index (κ2) is 10.1. The fraction of sp³-hybridized carbons (Fsp3) is 0.208. The van der Waals surface area contributed by atoms with Crippen LogP contribution in [-0.2, 0) is 14.8 Å². The first-order valence-corrected chi connectivity index (χ1v) is 11.9. The molecule has 0 saturated heterocycles. The minimum absolute atomic E-state index is 0.0844. The van der Waals surface area contributed by atoms with Gasteiger partial charge < -0.3 is 10.1 Å². The number of hydrogen-bond acceptors (Lipinski definition) is 4. The van der Waals surface area contributed by atoms with Gasteiger partial charge in [0.15, 0.2) is 0 Å². The summed E-state index contributed by atoms with van der Waals surface area (Å²) in [7, 11) is -4.05. The average molecular weight is 473 g/mol. The monoisotopic (exact) mass is 472 g/mol. The van der Waals surface area contributed by atoms with E-state index in [0.29, 0.717) is 23.1 Å². The molecule has 0 aliphatic carbocycles. The summed E-state index contributed by atoms with van der Waals surface area (Å²) in [6, 6.07) is 18.4. The maximum atomic E-state index is 13.6. The molecule has 0 aliphatic heterocycles. The number of aryl methyl sites for hydroxylation is 2. The van der Waals surface area contributed by atoms with Gasteiger partial charge in [0, 0.05) is 10.7 Å². The highest BCUT2D eigenvalue weighted by Gasteiger charge is 2.29. The van der Waals surface area contributed by atoms with Crippen molar-refractivity contribution in [3.05, 3.63) is 82.9 Å². The van der Waals surface area contributed by atoms with Crippen molar-refractivity contribution in [2.45, 2.75) is 25.7 Å². The molecule has 1 amide bonds. The van der Waals surface area contributed by atoms with E-state index in [1.54, 1.807) is 54.6 Å². The lowest BCUT2D eigenvalue weighted by Crippen LogP contribution is -2.38. The highest BCUT2D eigenvalue weighted by atomic mass is 35.5. The molecule has 0 heterocycles. The summed E-state index contributed by atoms with van der Waals surface area (Å²) in [6.07, 6.45) is 0. The van der Waals surface area contributed by atoms with E-state index < -0.39 is 22.5 Å². The van der Waals surface area contributed by atoms with E-state index in [-0.39, 0.29) is 10.6 Å². The summed E-state index contributed by atoms with van der Waals surface area (Å²) in [6.45, 7) is 5.43. The third-order valence-electron chi connectivity index (χ3n) is 4.80. The second-order valence-corrected chi connectivity index (χ2v) is 9.53. The smallest absolute Gasteiger partial charge is 0.264 e. The van der Waals surface area contributed by atoms with Crippen LogP contribution >= 0.6 is 11.6 Å². The Morgan fingerprint density at radius 2 is 1.72 bits per heavy atom. The lowest BCUT2D eigenvalue weighted by Gasteiger charge is -2.26. The van der Waals surface area contributed by atoms with Crippen LogP contribution in [0.15, 0.2) is 71.6 Å². The van der Waals surface area contributed by atoms with E-state index in [4.69, 9.17) is 16.3 Å². The van der Waals surface area contributed by atoms with Gasteiger partial charge in [-0.15, -0.1) is 0 Å². The molecule has 32 heavy (non-hydrogen) atoms. The molecular formula is C24H25ClN2O4S. The van der Waals surface area contributed by atoms with Gasteiger partial charge in [0.2, 0.25) is 5.91 Å². The highest BCUT2D eigenvalue weighted by molar-refractivity contribution is 7.92. The van der Waals surface area contributed by atoms with Crippen molar-refractivity contribution >= 4 is 38.9 Å². The van der Waals surface area contributed by atoms with E-state index in [1.165, 1.54) is 12.1 Å². The van der Waals surface area contributed by atoms with Gasteiger partial charge in [-0.25, -0.2) is 8.42 Å². The van der Waals surface area contributed by atoms with Crippen molar-refractivity contribution in [2.75, 3.05) is 22.8 Å². The quantitative estimate of drug-likeness (QED) is 0.489. The van der Waals surface area contributed by atoms with Gasteiger partial charge in [0.05, 0.1) is 17.2 Å². The van der Waals surface area contributed by atoms with Crippen LogP contribution < -0.4 is 14.4 Å². The summed E-state index contributed by atoms with van der Waals surface area (Å²) in [5, 5.41) is 3.23. The molecule has 0 aromatic heterocycles. The standard InChI is InChI=1S/C24H25ClN2O4S/c1-4-31-23-8-6-5-7-22(23)27(32(29,30)20-13-9-17(2)10-14-20)16-24(28)26-21-15-19(25)12-11-18(21)3/h5-15H,4,16H2,1-3H3,(H,26,28). The zero-order chi connectivity index (χ0) is 23.3. The molecule has 0 bridgehead atoms. The van der Waals surface area contributed by atoms with Crippen LogP contribution in [0.1, 0.15) is 18.1 Å². The Labute approximate surface area is 193 Å². The number of carbonyl (C=O) groups excluding carboxylic acids is 1. The summed E-state index contributed by atoms with van der Waals surface area (Å²) in [4.78, 5) is 13.0. The Kier molecular flexibility index (Phi) is 7.43. The summed E-state index contributed by atoms with van der Waals surface area (Å²) in [5.41, 5.74) is 2.55. The molecule has 1 N–H and O–H groups in total. The normalized spacial score (nSPS) is 11.1. The van der Waals surface area contributed by atoms with Gasteiger partial charge in [0.1, 0.15) is 12.3 Å². The number of carbonyl (C=O) groups is 1. The van der Waals surface area contributed by atoms with Crippen LogP contribution in [0.5, 0.6) is 5.75 Å². The number of nitrogens with zero attached hydrogens (tertiary/aromatic N) is 1. The first-order chi connectivity index (χ1) is 15.2. The van der Waals surface area contributed by atoms with Crippen LogP contribution in [0.25, 0.3) is 0 Å². The minimum atomic E-state index is -4.05. The molecule has 0 fully saturated rings. The summed E-state index contributed by atoms with van der Waals surface area (Å²) in [5.74, 6) is -0.130. The lowest BCUT2D eigenvalue weighted by atomic mass is 10.2. The lowest BCUT2D eigenvalue weighted by molar-refractivity contribution is -0.114.